The van der Waals surface area contributed by atoms with Gasteiger partial charge in [-0.15, -0.1) is 0 Å². The van der Waals surface area contributed by atoms with Crippen molar-refractivity contribution < 1.29 is 46.2 Å². The number of hydrogen-bond donors (Lipinski definition) is 0. The van der Waals surface area contributed by atoms with Crippen LogP contribution in [-0.2, 0) is 30.0 Å². The van der Waals surface area contributed by atoms with Crippen LogP contribution in [-0.4, -0.2) is 37.7 Å². The number of halogens is 3. The van der Waals surface area contributed by atoms with Crippen LogP contribution in [0.3, 0.4) is 0 Å². The van der Waals surface area contributed by atoms with E-state index in [-0.39, 0.29) is 26.2 Å². The highest BCUT2D eigenvalue weighted by atomic mass is 19.4. The van der Waals surface area contributed by atoms with Crippen LogP contribution in [0.25, 0.3) is 0 Å². The zero-order valence-electron chi connectivity index (χ0n) is 14.9. The molecule has 0 atom stereocenters. The van der Waals surface area contributed by atoms with Crippen LogP contribution in [0.1, 0.15) is 43.3 Å². The highest BCUT2D eigenvalue weighted by molar-refractivity contribution is 5.91. The van der Waals surface area contributed by atoms with E-state index in [1.165, 1.54) is 6.92 Å². The molecule has 0 amide bonds. The molecule has 0 bridgehead atoms. The largest absolute Gasteiger partial charge is 0.466 e. The Bertz CT molecular complexity index is 678. The number of ether oxygens (including phenoxy) is 3. The monoisotopic (exact) mass is 396 g/mol. The van der Waals surface area contributed by atoms with Gasteiger partial charge >= 0.3 is 29.7 Å². The van der Waals surface area contributed by atoms with Crippen LogP contribution in [0.5, 0.6) is 0 Å². The van der Waals surface area contributed by atoms with Crippen molar-refractivity contribution >= 4 is 17.9 Å². The minimum atomic E-state index is -4.76. The van der Waals surface area contributed by atoms with Crippen molar-refractivity contribution in [1.29, 1.82) is 0 Å². The molecule has 0 aliphatic rings. The first-order valence-electron chi connectivity index (χ1n) is 7.76. The van der Waals surface area contributed by atoms with Gasteiger partial charge in [0, 0.05) is 0 Å². The van der Waals surface area contributed by atoms with Crippen LogP contribution in [0.15, 0.2) is 21.3 Å². The fourth-order valence-corrected chi connectivity index (χ4v) is 1.47. The van der Waals surface area contributed by atoms with Crippen molar-refractivity contribution in [2.75, 3.05) is 19.8 Å². The zero-order chi connectivity index (χ0) is 21.0. The third-order valence-electron chi connectivity index (χ3n) is 2.50. The summed E-state index contributed by atoms with van der Waals surface area (Å²) >= 11 is 0. The van der Waals surface area contributed by atoms with E-state index in [2.05, 4.69) is 18.6 Å². The van der Waals surface area contributed by atoms with E-state index in [1.807, 2.05) is 0 Å². The molecule has 0 fully saturated rings. The Hall–Kier alpha value is -2.85. The molecule has 1 rings (SSSR count). The minimum Gasteiger partial charge on any atom is -0.466 e. The van der Waals surface area contributed by atoms with Gasteiger partial charge in [-0.25, -0.2) is 9.59 Å². The Morgan fingerprint density at radius 1 is 0.926 bits per heavy atom. The molecule has 11 heteroatoms. The van der Waals surface area contributed by atoms with E-state index < -0.39 is 41.0 Å². The van der Waals surface area contributed by atoms with Gasteiger partial charge < -0.3 is 18.6 Å². The molecule has 1 heterocycles. The van der Waals surface area contributed by atoms with Crippen molar-refractivity contribution in [3.63, 3.8) is 0 Å². The molecule has 0 aliphatic carbocycles. The quantitative estimate of drug-likeness (QED) is 0.409. The van der Waals surface area contributed by atoms with Gasteiger partial charge in [-0.2, -0.15) is 13.2 Å². The Morgan fingerprint density at radius 2 is 1.41 bits per heavy atom. The second-order valence-electron chi connectivity index (χ2n) is 4.51. The predicted molar refractivity (Wildman–Crippen MR) is 83.8 cm³/mol. The summed E-state index contributed by atoms with van der Waals surface area (Å²) in [5.74, 6) is -3.53. The first kappa shape index (κ1) is 24.1. The van der Waals surface area contributed by atoms with Crippen molar-refractivity contribution in [2.45, 2.75) is 33.4 Å². The van der Waals surface area contributed by atoms with Crippen LogP contribution in [0, 0.1) is 0 Å². The molecule has 0 spiro atoms. The summed E-state index contributed by atoms with van der Waals surface area (Å²) in [6.07, 6.45) is -5.05. The lowest BCUT2D eigenvalue weighted by Gasteiger charge is -2.05. The van der Waals surface area contributed by atoms with E-state index in [4.69, 9.17) is 0 Å². The summed E-state index contributed by atoms with van der Waals surface area (Å²) in [6.45, 7) is 5.46. The van der Waals surface area contributed by atoms with Crippen LogP contribution in [0.2, 0.25) is 0 Å². The molecule has 1 aromatic heterocycles. The molecular formula is C16H19F3O8. The number of carbonyl (C=O) groups is 3. The van der Waals surface area contributed by atoms with E-state index in [1.54, 1.807) is 13.8 Å². The lowest BCUT2D eigenvalue weighted by Crippen LogP contribution is -2.19. The van der Waals surface area contributed by atoms with Crippen molar-refractivity contribution in [3.8, 4) is 0 Å². The molecule has 0 aliphatic heterocycles. The molecule has 8 nitrogen and oxygen atoms in total. The number of hydrogen-bond acceptors (Lipinski definition) is 8. The third-order valence-corrected chi connectivity index (χ3v) is 2.50. The molecule has 0 aromatic carbocycles. The highest BCUT2D eigenvalue weighted by Crippen LogP contribution is 2.28. The Labute approximate surface area is 152 Å². The molecule has 152 valence electrons. The van der Waals surface area contributed by atoms with E-state index >= 15 is 0 Å². The summed E-state index contributed by atoms with van der Waals surface area (Å²) in [6, 6.07) is 1.24. The molecule has 1 aromatic rings. The summed E-state index contributed by atoms with van der Waals surface area (Å²) < 4.78 is 53.8. The number of rotatable bonds is 6. The van der Waals surface area contributed by atoms with Gasteiger partial charge in [0.05, 0.1) is 19.8 Å². The first-order valence-corrected chi connectivity index (χ1v) is 7.76. The average molecular weight is 396 g/mol. The SMILES string of the molecule is CCOC(=O)CC(=O)OCC.CCOC(=O)c1ccc(C(F)(F)F)oc1=O. The van der Waals surface area contributed by atoms with E-state index in [0.29, 0.717) is 6.07 Å². The molecular weight excluding hydrogens is 377 g/mol. The second-order valence-corrected chi connectivity index (χ2v) is 4.51. The number of carbonyl (C=O) groups excluding carboxylic acids is 3. The van der Waals surface area contributed by atoms with Gasteiger partial charge in [0.2, 0.25) is 5.76 Å². The van der Waals surface area contributed by atoms with Gasteiger partial charge in [0.25, 0.3) is 0 Å². The maximum atomic E-state index is 12.1. The molecule has 0 radical (unpaired) electrons. The van der Waals surface area contributed by atoms with Gasteiger partial charge in [-0.3, -0.25) is 9.59 Å². The summed E-state index contributed by atoms with van der Waals surface area (Å²) in [4.78, 5) is 43.3. The fraction of sp³-hybridized carbons (Fsp3) is 0.500. The van der Waals surface area contributed by atoms with Gasteiger partial charge in [0.1, 0.15) is 12.0 Å². The fourth-order valence-electron chi connectivity index (χ4n) is 1.47. The number of alkyl halides is 3. The molecule has 0 saturated carbocycles. The second kappa shape index (κ2) is 11.7. The van der Waals surface area contributed by atoms with E-state index in [0.717, 1.165) is 6.07 Å². The number of esters is 3. The normalized spacial score (nSPS) is 10.3. The maximum absolute atomic E-state index is 12.1. The van der Waals surface area contributed by atoms with Gasteiger partial charge in [-0.1, -0.05) is 0 Å². The maximum Gasteiger partial charge on any atom is 0.449 e. The Balaban J connectivity index is 0.000000541. The summed E-state index contributed by atoms with van der Waals surface area (Å²) in [5, 5.41) is 0. The summed E-state index contributed by atoms with van der Waals surface area (Å²) in [7, 11) is 0. The Kier molecular flexibility index (Phi) is 10.5. The van der Waals surface area contributed by atoms with Crippen LogP contribution < -0.4 is 5.63 Å². The minimum absolute atomic E-state index is 0.0132. The molecule has 0 unspecified atom stereocenters. The van der Waals surface area contributed by atoms with E-state index in [9.17, 15) is 32.3 Å². The summed E-state index contributed by atoms with van der Waals surface area (Å²) in [5.41, 5.74) is -1.93. The van der Waals surface area contributed by atoms with Crippen molar-refractivity contribution in [3.05, 3.63) is 33.9 Å². The van der Waals surface area contributed by atoms with Crippen molar-refractivity contribution in [1.82, 2.24) is 0 Å². The molecule has 0 N–H and O–H groups in total. The van der Waals surface area contributed by atoms with Crippen LogP contribution in [0.4, 0.5) is 13.2 Å². The smallest absolute Gasteiger partial charge is 0.449 e. The zero-order valence-corrected chi connectivity index (χ0v) is 14.9. The molecule has 0 saturated heterocycles. The van der Waals surface area contributed by atoms with Gasteiger partial charge in [0.15, 0.2) is 0 Å². The van der Waals surface area contributed by atoms with Crippen LogP contribution >= 0.6 is 0 Å². The Morgan fingerprint density at radius 3 is 1.78 bits per heavy atom. The standard InChI is InChI=1S/C9H7F3O4.C7H12O4/c1-2-15-7(13)5-3-4-6(9(10,11)12)16-8(5)14;1-3-10-6(8)5-7(9)11-4-2/h3-4H,2H2,1H3;3-5H2,1-2H3. The topological polar surface area (TPSA) is 109 Å². The average Bonchev–Trinajstić information content (AvgIpc) is 2.55. The third kappa shape index (κ3) is 9.42. The predicted octanol–water partition coefficient (Wildman–Crippen LogP) is 2.34. The highest BCUT2D eigenvalue weighted by Gasteiger charge is 2.35. The lowest BCUT2D eigenvalue weighted by molar-refractivity contribution is -0.155. The van der Waals surface area contributed by atoms with Crippen molar-refractivity contribution in [2.24, 2.45) is 0 Å². The first-order chi connectivity index (χ1) is 12.6. The molecule has 27 heavy (non-hydrogen) atoms. The lowest BCUT2D eigenvalue weighted by atomic mass is 10.2. The van der Waals surface area contributed by atoms with Gasteiger partial charge in [-0.05, 0) is 32.9 Å².